The highest BCUT2D eigenvalue weighted by Gasteiger charge is 2.20. The van der Waals surface area contributed by atoms with E-state index in [1.165, 1.54) is 6.08 Å². The summed E-state index contributed by atoms with van der Waals surface area (Å²) in [5, 5.41) is 0.0520. The second-order valence-electron chi connectivity index (χ2n) is 5.73. The summed E-state index contributed by atoms with van der Waals surface area (Å²) in [6.45, 7) is 9.51. The van der Waals surface area contributed by atoms with Gasteiger partial charge in [-0.3, -0.25) is 19.2 Å². The van der Waals surface area contributed by atoms with Crippen molar-refractivity contribution >= 4 is 17.7 Å². The third kappa shape index (κ3) is 4.50. The minimum absolute atomic E-state index is 0. The normalized spacial score (nSPS) is 9.50. The monoisotopic (exact) mass is 420 g/mol. The lowest BCUT2D eigenvalue weighted by Crippen LogP contribution is -2.35. The number of benzene rings is 2. The van der Waals surface area contributed by atoms with Gasteiger partial charge in [-0.15, -0.1) is 13.2 Å². The lowest BCUT2D eigenvalue weighted by Gasteiger charge is -2.06. The molecule has 0 spiro atoms. The molecular formula is C25H21ClO4. The van der Waals surface area contributed by atoms with E-state index in [9.17, 15) is 19.2 Å². The van der Waals surface area contributed by atoms with Crippen LogP contribution in [0.5, 0.6) is 0 Å². The smallest absolute Gasteiger partial charge is 0.245 e. The molecule has 4 aromatic rings. The van der Waals surface area contributed by atoms with Crippen LogP contribution in [-0.4, -0.2) is 0 Å². The highest BCUT2D eigenvalue weighted by atomic mass is 35.5. The summed E-state index contributed by atoms with van der Waals surface area (Å²) in [5.74, 6) is 0. The maximum absolute atomic E-state index is 11.3. The van der Waals surface area contributed by atoms with Crippen LogP contribution in [0.1, 0.15) is 13.0 Å². The summed E-state index contributed by atoms with van der Waals surface area (Å²) in [6, 6.07) is 18.1. The molecule has 0 fully saturated rings. The topological polar surface area (TPSA) is 68.3 Å². The zero-order chi connectivity index (χ0) is 21.6. The Morgan fingerprint density at radius 3 is 1.43 bits per heavy atom. The van der Waals surface area contributed by atoms with Crippen molar-refractivity contribution in [3.63, 3.8) is 0 Å². The third-order valence-electron chi connectivity index (χ3n) is 4.13. The highest BCUT2D eigenvalue weighted by Crippen LogP contribution is 2.22. The molecule has 0 N–H and O–H groups in total. The van der Waals surface area contributed by atoms with Crippen molar-refractivity contribution in [3.8, 4) is 22.3 Å². The van der Waals surface area contributed by atoms with Gasteiger partial charge < -0.3 is 0 Å². The Morgan fingerprint density at radius 1 is 0.633 bits per heavy atom. The van der Waals surface area contributed by atoms with Crippen LogP contribution in [0.3, 0.4) is 0 Å². The van der Waals surface area contributed by atoms with Gasteiger partial charge in [0, 0.05) is 11.1 Å². The highest BCUT2D eigenvalue weighted by molar-refractivity contribution is 6.34. The van der Waals surface area contributed by atoms with Crippen LogP contribution in [0.2, 0.25) is 5.02 Å². The summed E-state index contributed by atoms with van der Waals surface area (Å²) < 4.78 is 0. The van der Waals surface area contributed by atoms with E-state index in [-0.39, 0.29) is 12.4 Å². The zero-order valence-electron chi connectivity index (χ0n) is 15.5. The fraction of sp³-hybridized carbons (Fsp3) is 0.0400. The summed E-state index contributed by atoms with van der Waals surface area (Å²) in [6.07, 6.45) is 1.44. The van der Waals surface area contributed by atoms with Gasteiger partial charge in [-0.05, 0) is 11.1 Å². The molecule has 0 aliphatic heterocycles. The summed E-state index contributed by atoms with van der Waals surface area (Å²) in [4.78, 5) is 44.3. The molecule has 4 aromatic carbocycles. The predicted octanol–water partition coefficient (Wildman–Crippen LogP) is 4.63. The van der Waals surface area contributed by atoms with Crippen LogP contribution in [-0.2, 0) is 0 Å². The molecule has 0 aromatic heterocycles. The molecule has 152 valence electrons. The number of hydrogen-bond donors (Lipinski definition) is 0. The van der Waals surface area contributed by atoms with E-state index >= 15 is 0 Å². The Morgan fingerprint density at radius 2 is 1.03 bits per heavy atom. The van der Waals surface area contributed by atoms with E-state index in [0.29, 0.717) is 22.3 Å². The summed E-state index contributed by atoms with van der Waals surface area (Å²) in [5.41, 5.74) is 0.838. The van der Waals surface area contributed by atoms with Gasteiger partial charge in [0.2, 0.25) is 21.7 Å². The fourth-order valence-electron chi connectivity index (χ4n) is 2.72. The van der Waals surface area contributed by atoms with Crippen LogP contribution in [0.4, 0.5) is 0 Å². The molecule has 0 saturated carbocycles. The minimum atomic E-state index is -0.583. The van der Waals surface area contributed by atoms with Gasteiger partial charge in [0.1, 0.15) is 5.02 Å². The van der Waals surface area contributed by atoms with Gasteiger partial charge in [0.05, 0.1) is 5.56 Å². The van der Waals surface area contributed by atoms with Gasteiger partial charge in [-0.1, -0.05) is 92.3 Å². The van der Waals surface area contributed by atoms with Crippen molar-refractivity contribution in [3.05, 3.63) is 132 Å². The van der Waals surface area contributed by atoms with Gasteiger partial charge in [-0.25, -0.2) is 0 Å². The Kier molecular flexibility index (Phi) is 8.78. The first-order valence-electron chi connectivity index (χ1n) is 8.52. The predicted molar refractivity (Wildman–Crippen MR) is 127 cm³/mol. The second kappa shape index (κ2) is 10.8. The molecule has 30 heavy (non-hydrogen) atoms. The van der Waals surface area contributed by atoms with Crippen molar-refractivity contribution < 1.29 is 0 Å². The third-order valence-corrected chi connectivity index (χ3v) is 4.49. The largest absolute Gasteiger partial charge is 0.285 e. The minimum Gasteiger partial charge on any atom is -0.285 e. The van der Waals surface area contributed by atoms with E-state index in [4.69, 9.17) is 11.6 Å². The standard InChI is InChI=1S/C12H8O2.C10H5ClO2.C2H4.CH4/c1-2-9-10(12(14)11(9)13)8-6-4-3-5-7-8;11-8-7(9(12)10(8)13)6-4-2-1-3-5-6;1-2;/h2-7H,1H2;1-5H;1-2H2;1H4. The molecule has 0 heterocycles. The van der Waals surface area contributed by atoms with Crippen LogP contribution in [0.25, 0.3) is 28.3 Å². The molecule has 0 aliphatic rings. The van der Waals surface area contributed by atoms with Gasteiger partial charge in [-0.2, -0.15) is 0 Å². The van der Waals surface area contributed by atoms with Crippen molar-refractivity contribution in [1.82, 2.24) is 0 Å². The Labute approximate surface area is 179 Å². The van der Waals surface area contributed by atoms with Crippen LogP contribution in [0.15, 0.2) is 99.6 Å². The molecule has 0 saturated heterocycles. The molecule has 0 aliphatic carbocycles. The van der Waals surface area contributed by atoms with Crippen molar-refractivity contribution in [2.75, 3.05) is 0 Å². The number of hydrogen-bond acceptors (Lipinski definition) is 4. The molecule has 0 radical (unpaired) electrons. The zero-order valence-corrected chi connectivity index (χ0v) is 16.2. The van der Waals surface area contributed by atoms with Crippen LogP contribution in [0, 0.1) is 0 Å². The Hall–Kier alpha value is -3.63. The average Bonchev–Trinajstić information content (AvgIpc) is 2.79. The molecule has 4 nitrogen and oxygen atoms in total. The second-order valence-corrected chi connectivity index (χ2v) is 6.11. The SMILES string of the molecule is C.C=C.C=Cc1c(-c2ccccc2)c(=O)c1=O.O=c1c(Cl)c(-c2ccccc2)c1=O. The first kappa shape index (κ1) is 24.4. The van der Waals surface area contributed by atoms with E-state index in [0.717, 1.165) is 5.56 Å². The maximum Gasteiger partial charge on any atom is 0.245 e. The van der Waals surface area contributed by atoms with Crippen molar-refractivity contribution in [1.29, 1.82) is 0 Å². The van der Waals surface area contributed by atoms with Crippen LogP contribution >= 0.6 is 11.6 Å². The Balaban J connectivity index is 0.000000270. The molecular weight excluding hydrogens is 400 g/mol. The van der Waals surface area contributed by atoms with Gasteiger partial charge in [0.25, 0.3) is 0 Å². The molecule has 0 unspecified atom stereocenters. The quantitative estimate of drug-likeness (QED) is 0.358. The first-order chi connectivity index (χ1) is 14.0. The average molecular weight is 421 g/mol. The van der Waals surface area contributed by atoms with E-state index < -0.39 is 21.7 Å². The molecule has 4 rings (SSSR count). The molecule has 0 amide bonds. The van der Waals surface area contributed by atoms with Gasteiger partial charge >= 0.3 is 0 Å². The lowest BCUT2D eigenvalue weighted by atomic mass is 9.94. The lowest BCUT2D eigenvalue weighted by molar-refractivity contribution is 1.38. The molecule has 5 heteroatoms. The Bertz CT molecular complexity index is 1270. The van der Waals surface area contributed by atoms with Crippen molar-refractivity contribution in [2.24, 2.45) is 0 Å². The van der Waals surface area contributed by atoms with Crippen molar-refractivity contribution in [2.45, 2.75) is 7.43 Å². The first-order valence-corrected chi connectivity index (χ1v) is 8.90. The molecule has 0 bridgehead atoms. The van der Waals surface area contributed by atoms with E-state index in [2.05, 4.69) is 19.7 Å². The fourth-order valence-corrected chi connectivity index (χ4v) is 3.00. The number of rotatable bonds is 3. The number of halogens is 1. The van der Waals surface area contributed by atoms with Gasteiger partial charge in [0.15, 0.2) is 0 Å². The molecule has 0 atom stereocenters. The van der Waals surface area contributed by atoms with E-state index in [1.807, 2.05) is 36.4 Å². The summed E-state index contributed by atoms with van der Waals surface area (Å²) in [7, 11) is 0. The summed E-state index contributed by atoms with van der Waals surface area (Å²) >= 11 is 5.60. The van der Waals surface area contributed by atoms with E-state index in [1.54, 1.807) is 24.3 Å². The maximum atomic E-state index is 11.3. The van der Waals surface area contributed by atoms with Crippen LogP contribution < -0.4 is 21.7 Å².